The minimum atomic E-state index is -0.258. The van der Waals surface area contributed by atoms with Gasteiger partial charge in [-0.1, -0.05) is 13.3 Å². The summed E-state index contributed by atoms with van der Waals surface area (Å²) in [6, 6.07) is 3.29. The van der Waals surface area contributed by atoms with E-state index in [0.29, 0.717) is 5.92 Å². The lowest BCUT2D eigenvalue weighted by atomic mass is 9.86. The molecular weight excluding hydrogens is 260 g/mol. The third-order valence-electron chi connectivity index (χ3n) is 5.92. The normalized spacial score (nSPS) is 31.7. The van der Waals surface area contributed by atoms with E-state index in [1.807, 2.05) is 7.05 Å². The first-order chi connectivity index (χ1) is 10.1. The van der Waals surface area contributed by atoms with Crippen molar-refractivity contribution in [3.8, 4) is 6.07 Å². The molecule has 2 unspecified atom stereocenters. The van der Waals surface area contributed by atoms with Crippen molar-refractivity contribution >= 4 is 0 Å². The lowest BCUT2D eigenvalue weighted by Crippen LogP contribution is -2.47. The molecule has 0 bridgehead atoms. The highest BCUT2D eigenvalue weighted by molar-refractivity contribution is 5.13. The van der Waals surface area contributed by atoms with Gasteiger partial charge in [-0.3, -0.25) is 0 Å². The molecule has 21 heavy (non-hydrogen) atoms. The van der Waals surface area contributed by atoms with E-state index in [0.717, 1.165) is 25.4 Å². The zero-order chi connectivity index (χ0) is 15.3. The van der Waals surface area contributed by atoms with Gasteiger partial charge in [0.25, 0.3) is 0 Å². The van der Waals surface area contributed by atoms with Crippen molar-refractivity contribution < 1.29 is 0 Å². The van der Waals surface area contributed by atoms with E-state index >= 15 is 0 Å². The number of hydrogen-bond acceptors (Lipinski definition) is 4. The van der Waals surface area contributed by atoms with Gasteiger partial charge in [0.05, 0.1) is 6.07 Å². The Labute approximate surface area is 130 Å². The van der Waals surface area contributed by atoms with Crippen molar-refractivity contribution in [1.29, 1.82) is 5.26 Å². The molecule has 2 aliphatic rings. The van der Waals surface area contributed by atoms with Crippen LogP contribution in [-0.2, 0) is 0 Å². The number of hydrogen-bond donors (Lipinski definition) is 1. The van der Waals surface area contributed by atoms with E-state index in [1.165, 1.54) is 45.3 Å². The lowest BCUT2D eigenvalue weighted by molar-refractivity contribution is 0.123. The Balaban J connectivity index is 1.79. The summed E-state index contributed by atoms with van der Waals surface area (Å²) in [5.74, 6) is 0.519. The highest BCUT2D eigenvalue weighted by Gasteiger charge is 2.41. The summed E-state index contributed by atoms with van der Waals surface area (Å²) in [6.07, 6.45) is 7.16. The minimum absolute atomic E-state index is 0.258. The molecule has 0 radical (unpaired) electrons. The second-order valence-corrected chi connectivity index (χ2v) is 6.86. The number of nitrogens with zero attached hydrogens (tertiary/aromatic N) is 3. The molecule has 0 spiro atoms. The molecule has 0 amide bonds. The van der Waals surface area contributed by atoms with Gasteiger partial charge >= 0.3 is 0 Å². The van der Waals surface area contributed by atoms with E-state index in [-0.39, 0.29) is 5.54 Å². The van der Waals surface area contributed by atoms with Crippen LogP contribution in [0, 0.1) is 17.2 Å². The zero-order valence-electron chi connectivity index (χ0n) is 14.1. The molecule has 4 heteroatoms. The quantitative estimate of drug-likeness (QED) is 0.814. The van der Waals surface area contributed by atoms with Crippen LogP contribution in [0.5, 0.6) is 0 Å². The summed E-state index contributed by atoms with van der Waals surface area (Å²) < 4.78 is 0. The van der Waals surface area contributed by atoms with Crippen LogP contribution in [0.3, 0.4) is 0 Å². The molecule has 1 saturated carbocycles. The maximum Gasteiger partial charge on any atom is 0.109 e. The molecule has 0 aromatic rings. The van der Waals surface area contributed by atoms with Gasteiger partial charge in [0.15, 0.2) is 0 Å². The lowest BCUT2D eigenvalue weighted by Gasteiger charge is -2.37. The fraction of sp³-hybridized carbons (Fsp3) is 0.941. The number of rotatable bonds is 6. The molecule has 0 aromatic carbocycles. The Bertz CT molecular complexity index is 356. The number of likely N-dealkylation sites (tertiary alicyclic amines) is 1. The summed E-state index contributed by atoms with van der Waals surface area (Å²) in [7, 11) is 4.22. The Morgan fingerprint density at radius 1 is 1.33 bits per heavy atom. The predicted octanol–water partition coefficient (Wildman–Crippen LogP) is 2.07. The number of nitrogens with one attached hydrogen (secondary N) is 1. The standard InChI is InChI=1S/C17H32N4/c1-4-21-12-8-16(9-13-21)20(3)11-7-15-6-5-10-17(15,14-18)19-2/h15-16,19H,4-13H2,1-3H3. The monoisotopic (exact) mass is 292 g/mol. The van der Waals surface area contributed by atoms with Crippen molar-refractivity contribution in [3.63, 3.8) is 0 Å². The smallest absolute Gasteiger partial charge is 0.109 e. The van der Waals surface area contributed by atoms with Crippen molar-refractivity contribution in [1.82, 2.24) is 15.1 Å². The van der Waals surface area contributed by atoms with Gasteiger partial charge in [-0.05, 0) is 78.3 Å². The van der Waals surface area contributed by atoms with Gasteiger partial charge in [0, 0.05) is 6.04 Å². The Morgan fingerprint density at radius 3 is 2.62 bits per heavy atom. The molecule has 1 aliphatic heterocycles. The number of piperidine rings is 1. The summed E-state index contributed by atoms with van der Waals surface area (Å²) in [5, 5.41) is 12.8. The molecule has 120 valence electrons. The fourth-order valence-electron chi connectivity index (χ4n) is 4.22. The highest BCUT2D eigenvalue weighted by atomic mass is 15.2. The number of nitriles is 1. The van der Waals surface area contributed by atoms with Crippen molar-refractivity contribution in [2.75, 3.05) is 40.3 Å². The second-order valence-electron chi connectivity index (χ2n) is 6.86. The summed E-state index contributed by atoms with van der Waals surface area (Å²) in [5.41, 5.74) is -0.258. The Hall–Kier alpha value is -0.630. The van der Waals surface area contributed by atoms with Crippen LogP contribution >= 0.6 is 0 Å². The summed E-state index contributed by atoms with van der Waals surface area (Å²) >= 11 is 0. The average molecular weight is 292 g/mol. The Morgan fingerprint density at radius 2 is 2.05 bits per heavy atom. The summed E-state index contributed by atoms with van der Waals surface area (Å²) in [6.45, 7) is 7.06. The van der Waals surface area contributed by atoms with Crippen molar-refractivity contribution in [2.45, 2.75) is 57.0 Å². The average Bonchev–Trinajstić information content (AvgIpc) is 2.96. The molecule has 1 heterocycles. The minimum Gasteiger partial charge on any atom is -0.303 e. The van der Waals surface area contributed by atoms with Crippen LogP contribution < -0.4 is 5.32 Å². The van der Waals surface area contributed by atoms with Crippen LogP contribution in [0.2, 0.25) is 0 Å². The largest absolute Gasteiger partial charge is 0.303 e. The van der Waals surface area contributed by atoms with E-state index in [9.17, 15) is 5.26 Å². The van der Waals surface area contributed by atoms with Crippen LogP contribution in [0.1, 0.15) is 45.4 Å². The molecule has 1 saturated heterocycles. The summed E-state index contributed by atoms with van der Waals surface area (Å²) in [4.78, 5) is 5.09. The first-order valence-corrected chi connectivity index (χ1v) is 8.68. The van der Waals surface area contributed by atoms with Crippen molar-refractivity contribution in [2.24, 2.45) is 5.92 Å². The topological polar surface area (TPSA) is 42.3 Å². The molecule has 2 atom stereocenters. The van der Waals surface area contributed by atoms with Crippen LogP contribution in [-0.4, -0.2) is 61.7 Å². The maximum atomic E-state index is 9.53. The first kappa shape index (κ1) is 16.7. The highest BCUT2D eigenvalue weighted by Crippen LogP contribution is 2.37. The molecule has 1 N–H and O–H groups in total. The van der Waals surface area contributed by atoms with E-state index < -0.39 is 0 Å². The van der Waals surface area contributed by atoms with E-state index in [1.54, 1.807) is 0 Å². The maximum absolute atomic E-state index is 9.53. The van der Waals surface area contributed by atoms with E-state index in [4.69, 9.17) is 0 Å². The molecule has 4 nitrogen and oxygen atoms in total. The van der Waals surface area contributed by atoms with Gasteiger partial charge in [0.2, 0.25) is 0 Å². The van der Waals surface area contributed by atoms with Gasteiger partial charge in [-0.2, -0.15) is 5.26 Å². The van der Waals surface area contributed by atoms with E-state index in [2.05, 4.69) is 35.2 Å². The molecule has 0 aromatic heterocycles. The van der Waals surface area contributed by atoms with Gasteiger partial charge in [0.1, 0.15) is 5.54 Å². The molecular formula is C17H32N4. The molecule has 1 aliphatic carbocycles. The van der Waals surface area contributed by atoms with Gasteiger partial charge in [-0.15, -0.1) is 0 Å². The van der Waals surface area contributed by atoms with Crippen LogP contribution in [0.25, 0.3) is 0 Å². The van der Waals surface area contributed by atoms with Crippen molar-refractivity contribution in [3.05, 3.63) is 0 Å². The third kappa shape index (κ3) is 3.77. The zero-order valence-corrected chi connectivity index (χ0v) is 14.1. The third-order valence-corrected chi connectivity index (χ3v) is 5.92. The molecule has 2 rings (SSSR count). The predicted molar refractivity (Wildman–Crippen MR) is 87.1 cm³/mol. The fourth-order valence-corrected chi connectivity index (χ4v) is 4.22. The van der Waals surface area contributed by atoms with Crippen LogP contribution in [0.15, 0.2) is 0 Å². The van der Waals surface area contributed by atoms with Gasteiger partial charge < -0.3 is 15.1 Å². The van der Waals surface area contributed by atoms with Crippen LogP contribution in [0.4, 0.5) is 0 Å². The first-order valence-electron chi connectivity index (χ1n) is 8.68. The SMILES string of the molecule is CCN1CCC(N(C)CCC2CCCC2(C#N)NC)CC1. The molecule has 2 fully saturated rings. The van der Waals surface area contributed by atoms with Gasteiger partial charge in [-0.25, -0.2) is 0 Å². The second kappa shape index (κ2) is 7.58. The Kier molecular flexibility index (Phi) is 6.04.